The summed E-state index contributed by atoms with van der Waals surface area (Å²) in [4.78, 5) is 5.49. The number of hydrogen-bond acceptors (Lipinski definition) is 2. The molecule has 0 spiro atoms. The number of halogens is 1. The van der Waals surface area contributed by atoms with Gasteiger partial charge in [-0.1, -0.05) is 15.9 Å². The summed E-state index contributed by atoms with van der Waals surface area (Å²) in [6, 6.07) is 0. The predicted molar refractivity (Wildman–Crippen MR) is 35.6 cm³/mol. The maximum absolute atomic E-state index is 5.16. The third-order valence-corrected chi connectivity index (χ3v) is 1.64. The van der Waals surface area contributed by atoms with Crippen molar-refractivity contribution in [2.24, 2.45) is 0 Å². The van der Waals surface area contributed by atoms with E-state index in [9.17, 15) is 0 Å². The number of nitrogens with one attached hydrogen (secondary N) is 1. The van der Waals surface area contributed by atoms with Gasteiger partial charge in [0.1, 0.15) is 0 Å². The fraction of sp³-hybridized carbons (Fsp3) is 1.00. The Balaban J connectivity index is 2.44. The number of alkyl halides is 1. The van der Waals surface area contributed by atoms with Crippen LogP contribution in [0.3, 0.4) is 0 Å². The van der Waals surface area contributed by atoms with E-state index in [1.54, 1.807) is 0 Å². The van der Waals surface area contributed by atoms with E-state index in [1.807, 2.05) is 0 Å². The van der Waals surface area contributed by atoms with E-state index in [1.165, 1.54) is 0 Å². The fourth-order valence-corrected chi connectivity index (χ4v) is 1.61. The minimum atomic E-state index is 0.00810. The SMILES string of the molecule is CC1(C)CC(Br)NO1. The predicted octanol–water partition coefficient (Wildman–Crippen LogP) is 1.41. The van der Waals surface area contributed by atoms with Crippen LogP contribution in [0.5, 0.6) is 0 Å². The van der Waals surface area contributed by atoms with Crippen molar-refractivity contribution in [3.63, 3.8) is 0 Å². The second-order valence-corrected chi connectivity index (χ2v) is 3.76. The van der Waals surface area contributed by atoms with Crippen molar-refractivity contribution in [1.29, 1.82) is 0 Å². The highest BCUT2D eigenvalue weighted by molar-refractivity contribution is 9.09. The van der Waals surface area contributed by atoms with Crippen LogP contribution in [-0.4, -0.2) is 10.6 Å². The average molecular weight is 180 g/mol. The Hall–Kier alpha value is 0.400. The topological polar surface area (TPSA) is 21.3 Å². The standard InChI is InChI=1S/C5H10BrNO/c1-5(2)3-4(6)7-8-5/h4,7H,3H2,1-2H3. The first-order chi connectivity index (χ1) is 3.60. The third-order valence-electron chi connectivity index (χ3n) is 1.13. The molecule has 3 heteroatoms. The summed E-state index contributed by atoms with van der Waals surface area (Å²) >= 11 is 3.38. The van der Waals surface area contributed by atoms with E-state index in [2.05, 4.69) is 35.3 Å². The fourth-order valence-electron chi connectivity index (χ4n) is 0.738. The van der Waals surface area contributed by atoms with Crippen LogP contribution in [-0.2, 0) is 4.84 Å². The maximum atomic E-state index is 5.16. The Labute approximate surface area is 57.7 Å². The zero-order valence-electron chi connectivity index (χ0n) is 5.07. The third kappa shape index (κ3) is 1.44. The van der Waals surface area contributed by atoms with Gasteiger partial charge in [0.2, 0.25) is 0 Å². The first kappa shape index (κ1) is 6.52. The summed E-state index contributed by atoms with van der Waals surface area (Å²) in [6.45, 7) is 4.11. The Kier molecular flexibility index (Phi) is 1.61. The van der Waals surface area contributed by atoms with E-state index in [4.69, 9.17) is 4.84 Å². The van der Waals surface area contributed by atoms with Gasteiger partial charge in [-0.15, -0.1) is 0 Å². The lowest BCUT2D eigenvalue weighted by atomic mass is 10.1. The molecule has 2 nitrogen and oxygen atoms in total. The molecule has 1 aliphatic rings. The Morgan fingerprint density at radius 2 is 2.38 bits per heavy atom. The zero-order chi connectivity index (χ0) is 6.20. The number of hydrogen-bond donors (Lipinski definition) is 1. The second kappa shape index (κ2) is 1.97. The second-order valence-electron chi connectivity index (χ2n) is 2.65. The van der Waals surface area contributed by atoms with Crippen LogP contribution in [0.2, 0.25) is 0 Å². The molecule has 1 fully saturated rings. The van der Waals surface area contributed by atoms with Crippen molar-refractivity contribution in [2.75, 3.05) is 0 Å². The normalized spacial score (nSPS) is 35.6. The number of hydroxylamine groups is 1. The lowest BCUT2D eigenvalue weighted by molar-refractivity contribution is -0.0276. The van der Waals surface area contributed by atoms with Gasteiger partial charge in [-0.05, 0) is 13.8 Å². The Morgan fingerprint density at radius 1 is 1.75 bits per heavy atom. The smallest absolute Gasteiger partial charge is 0.0899 e. The molecular formula is C5H10BrNO. The van der Waals surface area contributed by atoms with Crippen LogP contribution < -0.4 is 5.48 Å². The van der Waals surface area contributed by atoms with Gasteiger partial charge in [0, 0.05) is 6.42 Å². The van der Waals surface area contributed by atoms with Gasteiger partial charge in [0.15, 0.2) is 0 Å². The molecule has 1 rings (SSSR count). The molecule has 0 aliphatic carbocycles. The summed E-state index contributed by atoms with van der Waals surface area (Å²) in [5.41, 5.74) is 2.83. The Bertz CT molecular complexity index is 94.4. The van der Waals surface area contributed by atoms with Crippen LogP contribution in [0.25, 0.3) is 0 Å². The molecule has 1 N–H and O–H groups in total. The molecule has 0 aromatic carbocycles. The maximum Gasteiger partial charge on any atom is 0.0899 e. The molecule has 1 atom stereocenters. The van der Waals surface area contributed by atoms with Gasteiger partial charge < -0.3 is 0 Å². The average Bonchev–Trinajstić information content (AvgIpc) is 1.82. The van der Waals surface area contributed by atoms with Crippen LogP contribution in [0.1, 0.15) is 20.3 Å². The zero-order valence-corrected chi connectivity index (χ0v) is 6.66. The van der Waals surface area contributed by atoms with E-state index in [0.29, 0.717) is 4.95 Å². The summed E-state index contributed by atoms with van der Waals surface area (Å²) < 4.78 is 0. The summed E-state index contributed by atoms with van der Waals surface area (Å²) in [5, 5.41) is 0. The van der Waals surface area contributed by atoms with Crippen LogP contribution in [0.4, 0.5) is 0 Å². The lowest BCUT2D eigenvalue weighted by Crippen LogP contribution is -2.19. The lowest BCUT2D eigenvalue weighted by Gasteiger charge is -2.12. The highest BCUT2D eigenvalue weighted by Crippen LogP contribution is 2.24. The van der Waals surface area contributed by atoms with Gasteiger partial charge in [-0.2, -0.15) is 5.48 Å². The summed E-state index contributed by atoms with van der Waals surface area (Å²) in [6.07, 6.45) is 1.02. The van der Waals surface area contributed by atoms with Crippen molar-refractivity contribution < 1.29 is 4.84 Å². The molecule has 8 heavy (non-hydrogen) atoms. The molecule has 0 amide bonds. The minimum Gasteiger partial charge on any atom is -0.295 e. The summed E-state index contributed by atoms with van der Waals surface area (Å²) in [5.74, 6) is 0. The monoisotopic (exact) mass is 179 g/mol. The largest absolute Gasteiger partial charge is 0.295 e. The molecular weight excluding hydrogens is 170 g/mol. The molecule has 0 aromatic heterocycles. The van der Waals surface area contributed by atoms with Gasteiger partial charge in [0.25, 0.3) is 0 Å². The van der Waals surface area contributed by atoms with Crippen LogP contribution >= 0.6 is 15.9 Å². The molecule has 1 saturated heterocycles. The number of rotatable bonds is 0. The van der Waals surface area contributed by atoms with Gasteiger partial charge in [-0.3, -0.25) is 4.84 Å². The van der Waals surface area contributed by atoms with Gasteiger partial charge in [-0.25, -0.2) is 0 Å². The van der Waals surface area contributed by atoms with Crippen molar-refractivity contribution in [3.8, 4) is 0 Å². The van der Waals surface area contributed by atoms with Crippen LogP contribution in [0, 0.1) is 0 Å². The van der Waals surface area contributed by atoms with Crippen molar-refractivity contribution in [1.82, 2.24) is 5.48 Å². The van der Waals surface area contributed by atoms with Crippen molar-refractivity contribution in [2.45, 2.75) is 30.8 Å². The van der Waals surface area contributed by atoms with E-state index in [-0.39, 0.29) is 5.60 Å². The molecule has 0 aromatic rings. The van der Waals surface area contributed by atoms with E-state index >= 15 is 0 Å². The molecule has 1 heterocycles. The molecule has 1 unspecified atom stereocenters. The van der Waals surface area contributed by atoms with Crippen molar-refractivity contribution in [3.05, 3.63) is 0 Å². The highest BCUT2D eigenvalue weighted by atomic mass is 79.9. The first-order valence-electron chi connectivity index (χ1n) is 2.68. The minimum absolute atomic E-state index is 0.00810. The van der Waals surface area contributed by atoms with E-state index in [0.717, 1.165) is 6.42 Å². The molecule has 0 radical (unpaired) electrons. The highest BCUT2D eigenvalue weighted by Gasteiger charge is 2.30. The molecule has 48 valence electrons. The molecule has 1 aliphatic heterocycles. The first-order valence-corrected chi connectivity index (χ1v) is 3.59. The quantitative estimate of drug-likeness (QED) is 0.449. The Morgan fingerprint density at radius 3 is 2.50 bits per heavy atom. The summed E-state index contributed by atoms with van der Waals surface area (Å²) in [7, 11) is 0. The van der Waals surface area contributed by atoms with Gasteiger partial charge >= 0.3 is 0 Å². The molecule has 0 saturated carbocycles. The van der Waals surface area contributed by atoms with Crippen LogP contribution in [0.15, 0.2) is 0 Å². The van der Waals surface area contributed by atoms with Gasteiger partial charge in [0.05, 0.1) is 10.6 Å². The molecule has 0 bridgehead atoms. The van der Waals surface area contributed by atoms with Crippen molar-refractivity contribution >= 4 is 15.9 Å². The van der Waals surface area contributed by atoms with E-state index < -0.39 is 0 Å².